The Labute approximate surface area is 180 Å². The molecule has 0 aliphatic heterocycles. The number of rotatable bonds is 7. The summed E-state index contributed by atoms with van der Waals surface area (Å²) in [6.07, 6.45) is 8.00. The molecular formula is C22H26N6O3. The standard InChI is InChI=1S/C22H26N6O3/c1-13-7-8-23-10-19(13)28-12-17(25-26-28)11-27-14(2)9-18(15(27)3)21(29)24-20(22(30)31)16-5-4-6-16/h7-10,12,16,20H,4-6,11H2,1-3H3,(H,24,29)(H,30,31). The van der Waals surface area contributed by atoms with E-state index in [9.17, 15) is 14.7 Å². The Morgan fingerprint density at radius 2 is 2.06 bits per heavy atom. The number of amides is 1. The topological polar surface area (TPSA) is 115 Å². The number of pyridine rings is 1. The summed E-state index contributed by atoms with van der Waals surface area (Å²) in [6, 6.07) is 2.86. The van der Waals surface area contributed by atoms with Gasteiger partial charge in [0.2, 0.25) is 0 Å². The molecule has 162 valence electrons. The molecule has 1 amide bonds. The molecule has 0 bridgehead atoms. The van der Waals surface area contributed by atoms with Crippen LogP contribution in [0.2, 0.25) is 0 Å². The van der Waals surface area contributed by atoms with E-state index in [1.807, 2.05) is 37.6 Å². The van der Waals surface area contributed by atoms with Gasteiger partial charge in [0.1, 0.15) is 11.7 Å². The molecule has 9 heteroatoms. The number of carbonyl (C=O) groups excluding carboxylic acids is 1. The minimum Gasteiger partial charge on any atom is -0.480 e. The van der Waals surface area contributed by atoms with Crippen LogP contribution in [0, 0.1) is 26.7 Å². The Bertz CT molecular complexity index is 1130. The van der Waals surface area contributed by atoms with Crippen LogP contribution in [0.3, 0.4) is 0 Å². The molecule has 0 saturated heterocycles. The minimum absolute atomic E-state index is 0.0101. The summed E-state index contributed by atoms with van der Waals surface area (Å²) in [5.41, 5.74) is 4.79. The fourth-order valence-electron chi connectivity index (χ4n) is 3.99. The number of carboxylic acid groups (broad SMARTS) is 1. The smallest absolute Gasteiger partial charge is 0.326 e. The SMILES string of the molecule is Cc1ccncc1-n1cc(Cn2c(C)cc(C(=O)NC(C(=O)O)C3CCC3)c2C)nn1. The van der Waals surface area contributed by atoms with Gasteiger partial charge < -0.3 is 15.0 Å². The third-order valence-electron chi connectivity index (χ3n) is 6.11. The first-order valence-electron chi connectivity index (χ1n) is 10.4. The second kappa shape index (κ2) is 8.33. The number of aliphatic carboxylic acids is 1. The zero-order valence-corrected chi connectivity index (χ0v) is 17.9. The summed E-state index contributed by atoms with van der Waals surface area (Å²) < 4.78 is 3.67. The van der Waals surface area contributed by atoms with Gasteiger partial charge in [-0.2, -0.15) is 0 Å². The molecule has 0 radical (unpaired) electrons. The van der Waals surface area contributed by atoms with Gasteiger partial charge in [-0.25, -0.2) is 9.48 Å². The Balaban J connectivity index is 1.53. The summed E-state index contributed by atoms with van der Waals surface area (Å²) in [4.78, 5) is 28.6. The zero-order chi connectivity index (χ0) is 22.1. The number of nitrogens with one attached hydrogen (secondary N) is 1. The van der Waals surface area contributed by atoms with Gasteiger partial charge in [0, 0.05) is 17.6 Å². The van der Waals surface area contributed by atoms with Crippen LogP contribution in [0.5, 0.6) is 0 Å². The van der Waals surface area contributed by atoms with E-state index in [1.54, 1.807) is 23.1 Å². The first kappa shape index (κ1) is 20.8. The summed E-state index contributed by atoms with van der Waals surface area (Å²) in [6.45, 7) is 6.21. The molecule has 1 saturated carbocycles. The van der Waals surface area contributed by atoms with Crippen molar-refractivity contribution in [3.8, 4) is 5.69 Å². The fourth-order valence-corrected chi connectivity index (χ4v) is 3.99. The second-order valence-corrected chi connectivity index (χ2v) is 8.17. The highest BCUT2D eigenvalue weighted by Crippen LogP contribution is 2.30. The predicted molar refractivity (Wildman–Crippen MR) is 113 cm³/mol. The van der Waals surface area contributed by atoms with Crippen LogP contribution < -0.4 is 5.32 Å². The summed E-state index contributed by atoms with van der Waals surface area (Å²) in [7, 11) is 0. The van der Waals surface area contributed by atoms with E-state index in [1.165, 1.54) is 0 Å². The van der Waals surface area contributed by atoms with Crippen LogP contribution in [0.15, 0.2) is 30.7 Å². The maximum absolute atomic E-state index is 12.8. The van der Waals surface area contributed by atoms with Gasteiger partial charge in [-0.1, -0.05) is 11.6 Å². The molecule has 1 atom stereocenters. The molecular weight excluding hydrogens is 396 g/mol. The number of aryl methyl sites for hydroxylation is 2. The molecule has 4 rings (SSSR count). The maximum Gasteiger partial charge on any atom is 0.326 e. The molecule has 1 fully saturated rings. The third-order valence-corrected chi connectivity index (χ3v) is 6.11. The number of carboxylic acids is 1. The largest absolute Gasteiger partial charge is 0.480 e. The third kappa shape index (κ3) is 4.08. The lowest BCUT2D eigenvalue weighted by Crippen LogP contribution is -2.48. The first-order valence-corrected chi connectivity index (χ1v) is 10.4. The lowest BCUT2D eigenvalue weighted by molar-refractivity contribution is -0.141. The summed E-state index contributed by atoms with van der Waals surface area (Å²) in [5, 5.41) is 20.7. The van der Waals surface area contributed by atoms with E-state index in [4.69, 9.17) is 0 Å². The molecule has 3 aromatic rings. The highest BCUT2D eigenvalue weighted by molar-refractivity contribution is 5.98. The molecule has 3 heterocycles. The number of aromatic nitrogens is 5. The summed E-state index contributed by atoms with van der Waals surface area (Å²) >= 11 is 0. The molecule has 1 unspecified atom stereocenters. The van der Waals surface area contributed by atoms with Crippen LogP contribution >= 0.6 is 0 Å². The highest BCUT2D eigenvalue weighted by atomic mass is 16.4. The van der Waals surface area contributed by atoms with Crippen molar-refractivity contribution in [3.63, 3.8) is 0 Å². The average Bonchev–Trinajstić information content (AvgIpc) is 3.26. The van der Waals surface area contributed by atoms with Gasteiger partial charge in [-0.15, -0.1) is 5.10 Å². The van der Waals surface area contributed by atoms with Crippen molar-refractivity contribution >= 4 is 11.9 Å². The quantitative estimate of drug-likeness (QED) is 0.604. The monoisotopic (exact) mass is 422 g/mol. The molecule has 9 nitrogen and oxygen atoms in total. The fraction of sp³-hybridized carbons (Fsp3) is 0.409. The Hall–Kier alpha value is -3.49. The van der Waals surface area contributed by atoms with Gasteiger partial charge in [-0.3, -0.25) is 9.78 Å². The van der Waals surface area contributed by atoms with Crippen LogP contribution in [0.1, 0.15) is 52.3 Å². The van der Waals surface area contributed by atoms with Gasteiger partial charge in [-0.05, 0) is 57.2 Å². The predicted octanol–water partition coefficient (Wildman–Crippen LogP) is 2.42. The Morgan fingerprint density at radius 1 is 1.29 bits per heavy atom. The van der Waals surface area contributed by atoms with Crippen molar-refractivity contribution in [2.45, 2.75) is 52.6 Å². The van der Waals surface area contributed by atoms with Gasteiger partial charge >= 0.3 is 5.97 Å². The molecule has 0 spiro atoms. The van der Waals surface area contributed by atoms with Crippen molar-refractivity contribution in [2.75, 3.05) is 0 Å². The van der Waals surface area contributed by atoms with Gasteiger partial charge in [0.15, 0.2) is 0 Å². The Morgan fingerprint density at radius 3 is 2.71 bits per heavy atom. The van der Waals surface area contributed by atoms with Crippen molar-refractivity contribution in [1.29, 1.82) is 0 Å². The van der Waals surface area contributed by atoms with Gasteiger partial charge in [0.25, 0.3) is 5.91 Å². The van der Waals surface area contributed by atoms with Crippen LogP contribution in [0.25, 0.3) is 5.69 Å². The molecule has 0 aromatic carbocycles. The average molecular weight is 422 g/mol. The van der Waals surface area contributed by atoms with E-state index in [0.717, 1.165) is 47.6 Å². The van der Waals surface area contributed by atoms with Crippen LogP contribution in [-0.4, -0.2) is 47.6 Å². The molecule has 2 N–H and O–H groups in total. The van der Waals surface area contributed by atoms with E-state index >= 15 is 0 Å². The number of hydrogen-bond donors (Lipinski definition) is 2. The van der Waals surface area contributed by atoms with Crippen LogP contribution in [-0.2, 0) is 11.3 Å². The summed E-state index contributed by atoms with van der Waals surface area (Å²) in [5.74, 6) is -1.32. The molecule has 1 aliphatic rings. The van der Waals surface area contributed by atoms with Crippen molar-refractivity contribution in [1.82, 2.24) is 29.9 Å². The molecule has 31 heavy (non-hydrogen) atoms. The first-order chi connectivity index (χ1) is 14.8. The maximum atomic E-state index is 12.8. The number of nitrogens with zero attached hydrogens (tertiary/aromatic N) is 5. The van der Waals surface area contributed by atoms with E-state index < -0.39 is 12.0 Å². The lowest BCUT2D eigenvalue weighted by Gasteiger charge is -2.31. The van der Waals surface area contributed by atoms with Gasteiger partial charge in [0.05, 0.1) is 30.2 Å². The Kier molecular flexibility index (Phi) is 5.58. The zero-order valence-electron chi connectivity index (χ0n) is 17.9. The van der Waals surface area contributed by atoms with Crippen molar-refractivity contribution in [3.05, 3.63) is 58.9 Å². The van der Waals surface area contributed by atoms with Crippen LogP contribution in [0.4, 0.5) is 0 Å². The normalized spacial score (nSPS) is 14.8. The van der Waals surface area contributed by atoms with Crippen molar-refractivity contribution < 1.29 is 14.7 Å². The highest BCUT2D eigenvalue weighted by Gasteiger charge is 2.34. The lowest BCUT2D eigenvalue weighted by atomic mass is 9.79. The van der Waals surface area contributed by atoms with E-state index in [-0.39, 0.29) is 11.8 Å². The molecule has 3 aromatic heterocycles. The van der Waals surface area contributed by atoms with Crippen molar-refractivity contribution in [2.24, 2.45) is 5.92 Å². The molecule has 1 aliphatic carbocycles. The van der Waals surface area contributed by atoms with E-state index in [0.29, 0.717) is 12.1 Å². The minimum atomic E-state index is -0.978. The second-order valence-electron chi connectivity index (χ2n) is 8.17. The van der Waals surface area contributed by atoms with E-state index in [2.05, 4.69) is 20.6 Å². The number of hydrogen-bond acceptors (Lipinski definition) is 5. The number of carbonyl (C=O) groups is 2.